The van der Waals surface area contributed by atoms with Crippen LogP contribution in [0.25, 0.3) is 0 Å². The lowest BCUT2D eigenvalue weighted by Gasteiger charge is -1.80. The number of hydrogen-bond donors (Lipinski definition) is 1. The molecule has 0 atom stereocenters. The second-order valence-electron chi connectivity index (χ2n) is 0.850. The van der Waals surface area contributed by atoms with Gasteiger partial charge in [-0.25, -0.2) is 4.79 Å². The summed E-state index contributed by atoms with van der Waals surface area (Å²) in [5.41, 5.74) is 0. The first kappa shape index (κ1) is 7.20. The quantitative estimate of drug-likeness (QED) is 0.335. The van der Waals surface area contributed by atoms with Gasteiger partial charge in [0.05, 0.1) is 0 Å². The Hall–Kier alpha value is -0.800. The molecule has 1 N–H and O–H groups in total. The fraction of sp³-hybridized carbons (Fsp3) is 0.333. The molecule has 0 aliphatic rings. The molecule has 0 saturated carbocycles. The number of nitrogens with zero attached hydrogens (tertiary/aromatic N) is 1. The lowest BCUT2D eigenvalue weighted by atomic mass is 10.8. The van der Waals surface area contributed by atoms with Crippen LogP contribution in [0.5, 0.6) is 0 Å². The lowest BCUT2D eigenvalue weighted by molar-refractivity contribution is -0.133. The van der Waals surface area contributed by atoms with Gasteiger partial charge in [-0.3, -0.25) is 4.79 Å². The van der Waals surface area contributed by atoms with E-state index in [-0.39, 0.29) is 5.75 Å². The van der Waals surface area contributed by atoms with Gasteiger partial charge in [-0.05, 0) is 11.9 Å². The third kappa shape index (κ3) is 5.20. The van der Waals surface area contributed by atoms with Gasteiger partial charge >= 0.3 is 5.97 Å². The SMILES string of the molecule is O=C=NSCC(=O)O. The molecule has 0 unspecified atom stereocenters. The lowest BCUT2D eigenvalue weighted by Crippen LogP contribution is -1.95. The summed E-state index contributed by atoms with van der Waals surface area (Å²) < 4.78 is 2.94. The summed E-state index contributed by atoms with van der Waals surface area (Å²) in [5, 5.41) is 7.93. The third-order valence-corrected chi connectivity index (χ3v) is 0.870. The monoisotopic (exact) mass is 133 g/mol. The highest BCUT2D eigenvalue weighted by atomic mass is 32.2. The largest absolute Gasteiger partial charge is 0.481 e. The average molecular weight is 133 g/mol. The smallest absolute Gasteiger partial charge is 0.315 e. The minimum absolute atomic E-state index is 0.185. The normalized spacial score (nSPS) is 7.50. The van der Waals surface area contributed by atoms with Gasteiger partial charge in [0.1, 0.15) is 5.75 Å². The zero-order valence-corrected chi connectivity index (χ0v) is 4.64. The topological polar surface area (TPSA) is 66.7 Å². The first-order valence-electron chi connectivity index (χ1n) is 1.68. The van der Waals surface area contributed by atoms with Crippen molar-refractivity contribution < 1.29 is 14.7 Å². The molecule has 0 amide bonds. The van der Waals surface area contributed by atoms with Crippen molar-refractivity contribution >= 4 is 24.0 Å². The van der Waals surface area contributed by atoms with Gasteiger partial charge in [0.25, 0.3) is 0 Å². The fourth-order valence-corrected chi connectivity index (χ4v) is 0.342. The molecular weight excluding hydrogens is 130 g/mol. The number of carboxylic acid groups (broad SMARTS) is 1. The molecule has 0 aromatic rings. The molecule has 0 bridgehead atoms. The Morgan fingerprint density at radius 3 is 2.88 bits per heavy atom. The van der Waals surface area contributed by atoms with Crippen molar-refractivity contribution in [1.29, 1.82) is 0 Å². The Kier molecular flexibility index (Phi) is 3.93. The van der Waals surface area contributed by atoms with Gasteiger partial charge in [-0.2, -0.15) is 0 Å². The van der Waals surface area contributed by atoms with Crippen molar-refractivity contribution in [2.75, 3.05) is 5.75 Å². The second-order valence-corrected chi connectivity index (χ2v) is 1.58. The van der Waals surface area contributed by atoms with E-state index in [9.17, 15) is 9.59 Å². The predicted molar refractivity (Wildman–Crippen MR) is 28.2 cm³/mol. The van der Waals surface area contributed by atoms with E-state index in [1.165, 1.54) is 6.08 Å². The molecule has 0 saturated heterocycles. The highest BCUT2D eigenvalue weighted by Crippen LogP contribution is 1.96. The van der Waals surface area contributed by atoms with Crippen LogP contribution in [0.3, 0.4) is 0 Å². The van der Waals surface area contributed by atoms with E-state index >= 15 is 0 Å². The zero-order chi connectivity index (χ0) is 6.41. The van der Waals surface area contributed by atoms with Crippen molar-refractivity contribution in [1.82, 2.24) is 0 Å². The number of isocyanates is 1. The van der Waals surface area contributed by atoms with Crippen LogP contribution in [0.15, 0.2) is 4.40 Å². The summed E-state index contributed by atoms with van der Waals surface area (Å²) in [6.45, 7) is 0. The van der Waals surface area contributed by atoms with Crippen LogP contribution in [-0.2, 0) is 9.59 Å². The van der Waals surface area contributed by atoms with Crippen LogP contribution in [0, 0.1) is 0 Å². The molecule has 44 valence electrons. The summed E-state index contributed by atoms with van der Waals surface area (Å²) in [7, 11) is 0. The van der Waals surface area contributed by atoms with Crippen molar-refractivity contribution in [2.24, 2.45) is 4.40 Å². The van der Waals surface area contributed by atoms with Gasteiger partial charge in [0.2, 0.25) is 6.08 Å². The van der Waals surface area contributed by atoms with Crippen LogP contribution in [-0.4, -0.2) is 22.9 Å². The maximum Gasteiger partial charge on any atom is 0.315 e. The van der Waals surface area contributed by atoms with Crippen LogP contribution in [0.2, 0.25) is 0 Å². The molecular formula is C3H3NO3S. The molecule has 0 spiro atoms. The first-order chi connectivity index (χ1) is 3.77. The van der Waals surface area contributed by atoms with E-state index in [1.807, 2.05) is 0 Å². The Balaban J connectivity index is 3.18. The summed E-state index contributed by atoms with van der Waals surface area (Å²) in [4.78, 5) is 18.9. The maximum absolute atomic E-state index is 9.66. The van der Waals surface area contributed by atoms with Crippen LogP contribution < -0.4 is 0 Å². The Morgan fingerprint density at radius 1 is 1.88 bits per heavy atom. The summed E-state index contributed by atoms with van der Waals surface area (Å²) >= 11 is 0.663. The standard InChI is InChI=1S/C3H3NO3S/c5-2-4-8-1-3(6)7/h1H2,(H,6,7). The summed E-state index contributed by atoms with van der Waals surface area (Å²) in [5.74, 6) is -1.18. The van der Waals surface area contributed by atoms with Crippen molar-refractivity contribution in [3.8, 4) is 0 Å². The summed E-state index contributed by atoms with van der Waals surface area (Å²) in [6.07, 6.45) is 1.20. The Bertz CT molecular complexity index is 126. The molecule has 0 heterocycles. The number of carbonyl (C=O) groups is 1. The number of hydrogen-bond acceptors (Lipinski definition) is 4. The number of carboxylic acids is 1. The fourth-order valence-electron chi connectivity index (χ4n) is 0.114. The van der Waals surface area contributed by atoms with E-state index in [4.69, 9.17) is 5.11 Å². The van der Waals surface area contributed by atoms with Gasteiger partial charge < -0.3 is 5.11 Å². The van der Waals surface area contributed by atoms with Crippen LogP contribution >= 0.6 is 11.9 Å². The minimum Gasteiger partial charge on any atom is -0.481 e. The third-order valence-electron chi connectivity index (χ3n) is 0.290. The molecule has 8 heavy (non-hydrogen) atoms. The number of carbonyl (C=O) groups excluding carboxylic acids is 1. The van der Waals surface area contributed by atoms with Crippen molar-refractivity contribution in [3.63, 3.8) is 0 Å². The molecule has 0 aromatic carbocycles. The molecule has 0 rings (SSSR count). The number of rotatable bonds is 3. The molecule has 0 radical (unpaired) electrons. The van der Waals surface area contributed by atoms with Gasteiger partial charge in [-0.15, -0.1) is 4.40 Å². The Morgan fingerprint density at radius 2 is 2.50 bits per heavy atom. The molecule has 5 heteroatoms. The molecule has 0 aromatic heterocycles. The van der Waals surface area contributed by atoms with Crippen LogP contribution in [0.4, 0.5) is 0 Å². The van der Waals surface area contributed by atoms with Crippen LogP contribution in [0.1, 0.15) is 0 Å². The highest BCUT2D eigenvalue weighted by Gasteiger charge is 1.92. The van der Waals surface area contributed by atoms with E-state index in [2.05, 4.69) is 4.40 Å². The highest BCUT2D eigenvalue weighted by molar-refractivity contribution is 7.98. The Labute approximate surface area is 49.7 Å². The predicted octanol–water partition coefficient (Wildman–Crippen LogP) is 0.0550. The van der Waals surface area contributed by atoms with Crippen molar-refractivity contribution in [3.05, 3.63) is 0 Å². The molecule has 0 aliphatic heterocycles. The second kappa shape index (κ2) is 4.36. The molecule has 0 fully saturated rings. The maximum atomic E-state index is 9.66. The zero-order valence-electron chi connectivity index (χ0n) is 3.83. The van der Waals surface area contributed by atoms with E-state index in [0.717, 1.165) is 0 Å². The van der Waals surface area contributed by atoms with E-state index in [0.29, 0.717) is 11.9 Å². The first-order valence-corrected chi connectivity index (χ1v) is 2.62. The van der Waals surface area contributed by atoms with Gasteiger partial charge in [0.15, 0.2) is 0 Å². The van der Waals surface area contributed by atoms with Gasteiger partial charge in [-0.1, -0.05) is 0 Å². The summed E-state index contributed by atoms with van der Waals surface area (Å²) in [6, 6.07) is 0. The van der Waals surface area contributed by atoms with E-state index in [1.54, 1.807) is 0 Å². The molecule has 4 nitrogen and oxygen atoms in total. The molecule has 0 aliphatic carbocycles. The van der Waals surface area contributed by atoms with Gasteiger partial charge in [0, 0.05) is 0 Å². The minimum atomic E-state index is -0.992. The number of aliphatic carboxylic acids is 1. The van der Waals surface area contributed by atoms with E-state index < -0.39 is 5.97 Å². The van der Waals surface area contributed by atoms with Crippen molar-refractivity contribution in [2.45, 2.75) is 0 Å². The average Bonchev–Trinajstić information content (AvgIpc) is 1.66.